The molecule has 15 heavy (non-hydrogen) atoms. The molecule has 0 atom stereocenters. The summed E-state index contributed by atoms with van der Waals surface area (Å²) in [6, 6.07) is 0. The van der Waals surface area contributed by atoms with Gasteiger partial charge in [-0.1, -0.05) is 26.5 Å². The first-order valence-corrected chi connectivity index (χ1v) is 4.70. The smallest absolute Gasteiger partial charge is 0.330 e. The minimum absolute atomic E-state index is 0.330. The third kappa shape index (κ3) is 15.2. The summed E-state index contributed by atoms with van der Waals surface area (Å²) >= 11 is 0. The molecular weight excluding hydrogens is 194 g/mol. The third-order valence-corrected chi connectivity index (χ3v) is 1.33. The summed E-state index contributed by atoms with van der Waals surface area (Å²) in [5, 5.41) is 0. The Labute approximate surface area is 90.8 Å². The van der Waals surface area contributed by atoms with Gasteiger partial charge < -0.3 is 10.5 Å². The number of hydrogen-bond acceptors (Lipinski definition) is 3. The van der Waals surface area contributed by atoms with Crippen molar-refractivity contribution < 1.29 is 14.3 Å². The van der Waals surface area contributed by atoms with E-state index < -0.39 is 5.91 Å². The van der Waals surface area contributed by atoms with E-state index in [-0.39, 0.29) is 5.97 Å². The largest absolute Gasteiger partial charge is 0.463 e. The van der Waals surface area contributed by atoms with Crippen LogP contribution in [0.25, 0.3) is 0 Å². The molecule has 86 valence electrons. The molecule has 4 nitrogen and oxygen atoms in total. The van der Waals surface area contributed by atoms with E-state index in [2.05, 4.69) is 17.9 Å². The van der Waals surface area contributed by atoms with Crippen molar-refractivity contribution in [1.82, 2.24) is 0 Å². The number of unbranched alkanes of at least 4 members (excludes halogenated alkanes) is 1. The molecule has 0 rings (SSSR count). The highest BCUT2D eigenvalue weighted by molar-refractivity contribution is 5.90. The number of hydrogen-bond donors (Lipinski definition) is 1. The molecular formula is C11H19NO3. The number of primary amides is 1. The van der Waals surface area contributed by atoms with Crippen LogP contribution in [-0.4, -0.2) is 18.5 Å². The summed E-state index contributed by atoms with van der Waals surface area (Å²) < 4.78 is 4.67. The fraction of sp³-hybridized carbons (Fsp3) is 0.455. The Bertz CT molecular complexity index is 222. The standard InChI is InChI=1S/C7H12O2.C4H7NO/c1-3-5-6-9-7(8)4-2;1-3(2)4(5)6/h4H,2-3,5-6H2,1H3;1H2,2H3,(H2,5,6). The number of nitrogens with two attached hydrogens (primary N) is 1. The van der Waals surface area contributed by atoms with E-state index in [1.807, 2.05) is 6.92 Å². The SMILES string of the molecule is C=C(C)C(N)=O.C=CC(=O)OCCCC. The van der Waals surface area contributed by atoms with Crippen molar-refractivity contribution in [3.63, 3.8) is 0 Å². The molecule has 0 aliphatic heterocycles. The van der Waals surface area contributed by atoms with Gasteiger partial charge in [0.2, 0.25) is 5.91 Å². The molecule has 0 aliphatic rings. The van der Waals surface area contributed by atoms with Crippen LogP contribution in [0, 0.1) is 0 Å². The predicted octanol–water partition coefficient (Wildman–Crippen LogP) is 1.56. The van der Waals surface area contributed by atoms with Crippen LogP contribution in [0.2, 0.25) is 0 Å². The van der Waals surface area contributed by atoms with E-state index in [0.717, 1.165) is 12.8 Å². The van der Waals surface area contributed by atoms with Crippen molar-refractivity contribution in [2.24, 2.45) is 5.73 Å². The Morgan fingerprint density at radius 1 is 1.47 bits per heavy atom. The minimum atomic E-state index is -0.435. The van der Waals surface area contributed by atoms with Crippen LogP contribution >= 0.6 is 0 Å². The molecule has 0 fully saturated rings. The highest BCUT2D eigenvalue weighted by Gasteiger charge is 1.91. The van der Waals surface area contributed by atoms with Gasteiger partial charge >= 0.3 is 5.97 Å². The van der Waals surface area contributed by atoms with E-state index in [1.165, 1.54) is 6.08 Å². The van der Waals surface area contributed by atoms with Crippen molar-refractivity contribution >= 4 is 11.9 Å². The van der Waals surface area contributed by atoms with E-state index in [4.69, 9.17) is 5.73 Å². The first-order valence-electron chi connectivity index (χ1n) is 4.70. The van der Waals surface area contributed by atoms with Crippen molar-refractivity contribution in [3.8, 4) is 0 Å². The molecule has 0 aromatic heterocycles. The summed E-state index contributed by atoms with van der Waals surface area (Å²) in [7, 11) is 0. The molecule has 0 saturated carbocycles. The molecule has 0 spiro atoms. The van der Waals surface area contributed by atoms with Gasteiger partial charge in [0.05, 0.1) is 6.61 Å². The van der Waals surface area contributed by atoms with Crippen molar-refractivity contribution in [2.75, 3.05) is 6.61 Å². The number of carbonyl (C=O) groups is 2. The van der Waals surface area contributed by atoms with Crippen molar-refractivity contribution in [1.29, 1.82) is 0 Å². The van der Waals surface area contributed by atoms with E-state index in [0.29, 0.717) is 12.2 Å². The zero-order chi connectivity index (χ0) is 12.3. The van der Waals surface area contributed by atoms with Gasteiger partial charge in [-0.3, -0.25) is 4.79 Å². The molecule has 0 aliphatic carbocycles. The average Bonchev–Trinajstić information content (AvgIpc) is 2.18. The second-order valence-electron chi connectivity index (χ2n) is 2.87. The molecule has 0 heterocycles. The van der Waals surface area contributed by atoms with Crippen LogP contribution in [0.1, 0.15) is 26.7 Å². The van der Waals surface area contributed by atoms with Gasteiger partial charge in [-0.25, -0.2) is 4.79 Å². The van der Waals surface area contributed by atoms with Crippen LogP contribution in [0.5, 0.6) is 0 Å². The van der Waals surface area contributed by atoms with Gasteiger partial charge in [-0.05, 0) is 13.3 Å². The summed E-state index contributed by atoms with van der Waals surface area (Å²) in [6.07, 6.45) is 3.15. The lowest BCUT2D eigenvalue weighted by Crippen LogP contribution is -2.10. The Morgan fingerprint density at radius 2 is 1.93 bits per heavy atom. The third-order valence-electron chi connectivity index (χ3n) is 1.33. The maximum Gasteiger partial charge on any atom is 0.330 e. The highest BCUT2D eigenvalue weighted by Crippen LogP contribution is 1.88. The van der Waals surface area contributed by atoms with E-state index >= 15 is 0 Å². The quantitative estimate of drug-likeness (QED) is 0.428. The summed E-state index contributed by atoms with van der Waals surface area (Å²) in [4.78, 5) is 20.2. The molecule has 0 unspecified atom stereocenters. The van der Waals surface area contributed by atoms with Gasteiger partial charge in [-0.2, -0.15) is 0 Å². The number of amides is 1. The molecule has 0 saturated heterocycles. The monoisotopic (exact) mass is 213 g/mol. The highest BCUT2D eigenvalue weighted by atomic mass is 16.5. The van der Waals surface area contributed by atoms with Crippen LogP contribution < -0.4 is 5.73 Å². The lowest BCUT2D eigenvalue weighted by Gasteiger charge is -1.97. The topological polar surface area (TPSA) is 69.4 Å². The van der Waals surface area contributed by atoms with Crippen molar-refractivity contribution in [3.05, 3.63) is 24.8 Å². The van der Waals surface area contributed by atoms with Gasteiger partial charge in [0.15, 0.2) is 0 Å². The maximum atomic E-state index is 10.3. The average molecular weight is 213 g/mol. The Hall–Kier alpha value is -1.58. The first-order chi connectivity index (χ1) is 6.95. The Balaban J connectivity index is 0. The zero-order valence-electron chi connectivity index (χ0n) is 9.41. The van der Waals surface area contributed by atoms with E-state index in [1.54, 1.807) is 6.92 Å². The Morgan fingerprint density at radius 3 is 2.20 bits per heavy atom. The van der Waals surface area contributed by atoms with Crippen LogP contribution in [0.3, 0.4) is 0 Å². The predicted molar refractivity (Wildman–Crippen MR) is 60.1 cm³/mol. The van der Waals surface area contributed by atoms with E-state index in [9.17, 15) is 9.59 Å². The summed E-state index contributed by atoms with van der Waals surface area (Å²) in [6.45, 7) is 10.7. The van der Waals surface area contributed by atoms with Crippen molar-refractivity contribution in [2.45, 2.75) is 26.7 Å². The first kappa shape index (κ1) is 15.9. The number of ether oxygens (including phenoxy) is 1. The summed E-state index contributed by atoms with van der Waals surface area (Å²) in [5.41, 5.74) is 5.09. The zero-order valence-corrected chi connectivity index (χ0v) is 9.41. The lowest BCUT2D eigenvalue weighted by atomic mass is 10.3. The fourth-order valence-corrected chi connectivity index (χ4v) is 0.376. The maximum absolute atomic E-state index is 10.3. The number of carbonyl (C=O) groups excluding carboxylic acids is 2. The lowest BCUT2D eigenvalue weighted by molar-refractivity contribution is -0.137. The molecule has 0 aromatic carbocycles. The molecule has 0 radical (unpaired) electrons. The number of esters is 1. The second-order valence-corrected chi connectivity index (χ2v) is 2.87. The molecule has 0 bridgehead atoms. The molecule has 0 aromatic rings. The van der Waals surface area contributed by atoms with Gasteiger partial charge in [-0.15, -0.1) is 0 Å². The van der Waals surface area contributed by atoms with Crippen LogP contribution in [0.4, 0.5) is 0 Å². The van der Waals surface area contributed by atoms with Crippen LogP contribution in [0.15, 0.2) is 24.8 Å². The molecule has 2 N–H and O–H groups in total. The van der Waals surface area contributed by atoms with Gasteiger partial charge in [0.1, 0.15) is 0 Å². The minimum Gasteiger partial charge on any atom is -0.463 e. The second kappa shape index (κ2) is 10.5. The summed E-state index contributed by atoms with van der Waals surface area (Å²) in [5.74, 6) is -0.765. The van der Waals surface area contributed by atoms with Gasteiger partial charge in [0, 0.05) is 11.6 Å². The molecule has 1 amide bonds. The normalized spacial score (nSPS) is 8.13. The van der Waals surface area contributed by atoms with Crippen LogP contribution in [-0.2, 0) is 14.3 Å². The van der Waals surface area contributed by atoms with Gasteiger partial charge in [0.25, 0.3) is 0 Å². The fourth-order valence-electron chi connectivity index (χ4n) is 0.376. The number of rotatable bonds is 5. The molecule has 4 heteroatoms. The Kier molecular flexibility index (Phi) is 11.1.